The van der Waals surface area contributed by atoms with Crippen molar-refractivity contribution < 1.29 is 4.79 Å². The van der Waals surface area contributed by atoms with E-state index in [0.29, 0.717) is 18.0 Å². The van der Waals surface area contributed by atoms with E-state index in [2.05, 4.69) is 5.32 Å². The fraction of sp³-hybridized carbons (Fsp3) is 0.417. The summed E-state index contributed by atoms with van der Waals surface area (Å²) in [4.78, 5) is 13.4. The van der Waals surface area contributed by atoms with Crippen molar-refractivity contribution in [3.8, 4) is 0 Å². The van der Waals surface area contributed by atoms with Crippen LogP contribution in [0.5, 0.6) is 0 Å². The van der Waals surface area contributed by atoms with Gasteiger partial charge in [-0.25, -0.2) is 0 Å². The van der Waals surface area contributed by atoms with E-state index in [-0.39, 0.29) is 5.91 Å². The highest BCUT2D eigenvalue weighted by Crippen LogP contribution is 2.22. The van der Waals surface area contributed by atoms with E-state index < -0.39 is 0 Å². The maximum atomic E-state index is 11.7. The number of benzene rings is 1. The highest BCUT2D eigenvalue weighted by Gasteiger charge is 2.10. The Morgan fingerprint density at radius 1 is 1.50 bits per heavy atom. The van der Waals surface area contributed by atoms with Crippen LogP contribution in [-0.2, 0) is 4.79 Å². The molecule has 3 nitrogen and oxygen atoms in total. The van der Waals surface area contributed by atoms with Gasteiger partial charge in [0.05, 0.1) is 0 Å². The number of aryl methyl sites for hydroxylation is 1. The molecular formula is C12H17ClN2O. The normalized spacial score (nSPS) is 10.2. The molecule has 0 aromatic heterocycles. The van der Waals surface area contributed by atoms with Crippen LogP contribution in [0.1, 0.15) is 12.0 Å². The smallest absolute Gasteiger partial charge is 0.227 e. The highest BCUT2D eigenvalue weighted by atomic mass is 35.5. The van der Waals surface area contributed by atoms with Crippen molar-refractivity contribution in [1.29, 1.82) is 0 Å². The number of carbonyl (C=O) groups is 1. The predicted octanol–water partition coefficient (Wildman–Crippen LogP) is 2.22. The molecule has 0 saturated heterocycles. The molecule has 0 aliphatic carbocycles. The van der Waals surface area contributed by atoms with Gasteiger partial charge in [0.15, 0.2) is 0 Å². The molecule has 1 aromatic rings. The second-order valence-electron chi connectivity index (χ2n) is 3.74. The molecule has 1 aromatic carbocycles. The van der Waals surface area contributed by atoms with Gasteiger partial charge in [-0.15, -0.1) is 0 Å². The lowest BCUT2D eigenvalue weighted by atomic mass is 10.2. The van der Waals surface area contributed by atoms with E-state index >= 15 is 0 Å². The third-order valence-corrected chi connectivity index (χ3v) is 2.91. The lowest BCUT2D eigenvalue weighted by molar-refractivity contribution is -0.118. The zero-order valence-electron chi connectivity index (χ0n) is 9.88. The minimum atomic E-state index is 0.0780. The van der Waals surface area contributed by atoms with Crippen molar-refractivity contribution in [1.82, 2.24) is 5.32 Å². The third-order valence-electron chi connectivity index (χ3n) is 2.51. The first-order valence-corrected chi connectivity index (χ1v) is 5.61. The summed E-state index contributed by atoms with van der Waals surface area (Å²) in [7, 11) is 3.59. The topological polar surface area (TPSA) is 32.3 Å². The van der Waals surface area contributed by atoms with Gasteiger partial charge in [0.25, 0.3) is 0 Å². The van der Waals surface area contributed by atoms with Crippen LogP contribution in [0.25, 0.3) is 0 Å². The summed E-state index contributed by atoms with van der Waals surface area (Å²) >= 11 is 6.02. The number of anilines is 1. The third kappa shape index (κ3) is 3.22. The molecule has 0 unspecified atom stereocenters. The first-order valence-electron chi connectivity index (χ1n) is 5.23. The molecule has 0 bridgehead atoms. The molecule has 1 amide bonds. The van der Waals surface area contributed by atoms with Gasteiger partial charge in [0, 0.05) is 30.7 Å². The van der Waals surface area contributed by atoms with Gasteiger partial charge in [-0.05, 0) is 31.7 Å². The van der Waals surface area contributed by atoms with Crippen LogP contribution in [0.3, 0.4) is 0 Å². The van der Waals surface area contributed by atoms with E-state index in [9.17, 15) is 4.79 Å². The van der Waals surface area contributed by atoms with Crippen molar-refractivity contribution in [2.45, 2.75) is 13.3 Å². The molecule has 0 spiro atoms. The van der Waals surface area contributed by atoms with E-state index in [1.54, 1.807) is 11.9 Å². The van der Waals surface area contributed by atoms with Crippen molar-refractivity contribution in [3.63, 3.8) is 0 Å². The molecular weight excluding hydrogens is 224 g/mol. The Labute approximate surface area is 101 Å². The largest absolute Gasteiger partial charge is 0.319 e. The van der Waals surface area contributed by atoms with Gasteiger partial charge in [-0.2, -0.15) is 0 Å². The minimum Gasteiger partial charge on any atom is -0.319 e. The fourth-order valence-electron chi connectivity index (χ4n) is 1.33. The molecule has 4 heteroatoms. The SMILES string of the molecule is CNCCC(=O)N(C)c1ccc(C)c(Cl)c1. The number of hydrogen-bond donors (Lipinski definition) is 1. The Morgan fingerprint density at radius 3 is 2.75 bits per heavy atom. The van der Waals surface area contributed by atoms with Crippen molar-refractivity contribution in [3.05, 3.63) is 28.8 Å². The van der Waals surface area contributed by atoms with Gasteiger partial charge >= 0.3 is 0 Å². The molecule has 1 rings (SSSR count). The van der Waals surface area contributed by atoms with Crippen LogP contribution in [-0.4, -0.2) is 26.5 Å². The Bertz CT molecular complexity index is 379. The van der Waals surface area contributed by atoms with Crippen molar-refractivity contribution in [2.24, 2.45) is 0 Å². The maximum Gasteiger partial charge on any atom is 0.227 e. The minimum absolute atomic E-state index is 0.0780. The van der Waals surface area contributed by atoms with Crippen LogP contribution in [0, 0.1) is 6.92 Å². The first kappa shape index (κ1) is 13.0. The van der Waals surface area contributed by atoms with E-state index in [4.69, 9.17) is 11.6 Å². The molecule has 0 radical (unpaired) electrons. The standard InChI is InChI=1S/C12H17ClN2O/c1-9-4-5-10(8-11(9)13)15(3)12(16)6-7-14-2/h4-5,8,14H,6-7H2,1-3H3. The highest BCUT2D eigenvalue weighted by molar-refractivity contribution is 6.31. The van der Waals surface area contributed by atoms with E-state index in [0.717, 1.165) is 11.3 Å². The van der Waals surface area contributed by atoms with Crippen LogP contribution in [0.4, 0.5) is 5.69 Å². The Kier molecular flexibility index (Phi) is 4.77. The Morgan fingerprint density at radius 2 is 2.19 bits per heavy atom. The van der Waals surface area contributed by atoms with Crippen LogP contribution in [0.15, 0.2) is 18.2 Å². The molecule has 16 heavy (non-hydrogen) atoms. The quantitative estimate of drug-likeness (QED) is 0.875. The first-order chi connectivity index (χ1) is 7.56. The summed E-state index contributed by atoms with van der Waals surface area (Å²) in [6, 6.07) is 5.63. The Balaban J connectivity index is 2.75. The van der Waals surface area contributed by atoms with Gasteiger partial charge in [0.2, 0.25) is 5.91 Å². The molecule has 0 aliphatic rings. The van der Waals surface area contributed by atoms with Crippen LogP contribution >= 0.6 is 11.6 Å². The second-order valence-corrected chi connectivity index (χ2v) is 4.15. The van der Waals surface area contributed by atoms with Gasteiger partial charge in [-0.3, -0.25) is 4.79 Å². The lowest BCUT2D eigenvalue weighted by Crippen LogP contribution is -2.28. The molecule has 0 heterocycles. The summed E-state index contributed by atoms with van der Waals surface area (Å²) in [5.74, 6) is 0.0780. The number of rotatable bonds is 4. The zero-order chi connectivity index (χ0) is 12.1. The van der Waals surface area contributed by atoms with Gasteiger partial charge < -0.3 is 10.2 Å². The molecule has 0 atom stereocenters. The molecule has 1 N–H and O–H groups in total. The number of carbonyl (C=O) groups excluding carboxylic acids is 1. The zero-order valence-corrected chi connectivity index (χ0v) is 10.6. The lowest BCUT2D eigenvalue weighted by Gasteiger charge is -2.18. The van der Waals surface area contributed by atoms with Crippen LogP contribution in [0.2, 0.25) is 5.02 Å². The summed E-state index contributed by atoms with van der Waals surface area (Å²) < 4.78 is 0. The fourth-order valence-corrected chi connectivity index (χ4v) is 1.51. The number of amides is 1. The molecule has 0 fully saturated rings. The van der Waals surface area contributed by atoms with Gasteiger partial charge in [0.1, 0.15) is 0 Å². The van der Waals surface area contributed by atoms with E-state index in [1.165, 1.54) is 0 Å². The number of halogens is 1. The average Bonchev–Trinajstić information content (AvgIpc) is 2.28. The van der Waals surface area contributed by atoms with Gasteiger partial charge in [-0.1, -0.05) is 17.7 Å². The molecule has 0 aliphatic heterocycles. The maximum absolute atomic E-state index is 11.7. The summed E-state index contributed by atoms with van der Waals surface area (Å²) in [6.07, 6.45) is 0.485. The summed E-state index contributed by atoms with van der Waals surface area (Å²) in [5, 5.41) is 3.64. The summed E-state index contributed by atoms with van der Waals surface area (Å²) in [5.41, 5.74) is 1.85. The summed E-state index contributed by atoms with van der Waals surface area (Å²) in [6.45, 7) is 2.62. The second kappa shape index (κ2) is 5.87. The molecule has 0 saturated carbocycles. The number of hydrogen-bond acceptors (Lipinski definition) is 2. The number of nitrogens with one attached hydrogen (secondary N) is 1. The average molecular weight is 241 g/mol. The van der Waals surface area contributed by atoms with Crippen molar-refractivity contribution >= 4 is 23.2 Å². The van der Waals surface area contributed by atoms with Crippen molar-refractivity contribution in [2.75, 3.05) is 25.5 Å². The number of nitrogens with zero attached hydrogens (tertiary/aromatic N) is 1. The molecule has 88 valence electrons. The van der Waals surface area contributed by atoms with Crippen LogP contribution < -0.4 is 10.2 Å². The monoisotopic (exact) mass is 240 g/mol. The predicted molar refractivity (Wildman–Crippen MR) is 68.1 cm³/mol. The Hall–Kier alpha value is -1.06. The van der Waals surface area contributed by atoms with E-state index in [1.807, 2.05) is 32.2 Å².